The zero-order valence-corrected chi connectivity index (χ0v) is 9.51. The molecule has 0 heterocycles. The molecule has 0 saturated heterocycles. The molecule has 0 aromatic heterocycles. The van der Waals surface area contributed by atoms with E-state index in [0.29, 0.717) is 0 Å². The van der Waals surface area contributed by atoms with Crippen LogP contribution in [0.4, 0.5) is 5.69 Å². The van der Waals surface area contributed by atoms with Crippen molar-refractivity contribution >= 4 is 27.7 Å². The molecule has 3 heteroatoms. The van der Waals surface area contributed by atoms with Crippen LogP contribution in [0.25, 0.3) is 6.08 Å². The average Bonchev–Trinajstić information content (AvgIpc) is 2.19. The van der Waals surface area contributed by atoms with Gasteiger partial charge in [0.1, 0.15) is 0 Å². The highest BCUT2D eigenvalue weighted by atomic mass is 79.9. The van der Waals surface area contributed by atoms with E-state index in [1.165, 1.54) is 6.08 Å². The third-order valence-electron chi connectivity index (χ3n) is 1.97. The van der Waals surface area contributed by atoms with Crippen LogP contribution in [0.5, 0.6) is 0 Å². The molecule has 14 heavy (non-hydrogen) atoms. The Morgan fingerprint density at radius 2 is 2.29 bits per heavy atom. The van der Waals surface area contributed by atoms with Crippen LogP contribution in [0.2, 0.25) is 0 Å². The molecule has 0 atom stereocenters. The summed E-state index contributed by atoms with van der Waals surface area (Å²) in [5.41, 5.74) is 8.72. The fraction of sp³-hybridized carbons (Fsp3) is 0.182. The van der Waals surface area contributed by atoms with Gasteiger partial charge in [0.15, 0.2) is 0 Å². The Kier molecular flexibility index (Phi) is 3.73. The maximum Gasteiger partial charge on any atom is 0.0912 e. The Labute approximate surface area is 92.2 Å². The number of nitrogen functional groups attached to an aromatic ring is 1. The van der Waals surface area contributed by atoms with Crippen molar-refractivity contribution in [2.45, 2.75) is 13.3 Å². The molecule has 2 N–H and O–H groups in total. The molecular formula is C11H11BrN2. The number of hydrogen-bond donors (Lipinski definition) is 1. The number of anilines is 1. The van der Waals surface area contributed by atoms with Crippen LogP contribution in [0.3, 0.4) is 0 Å². The summed E-state index contributed by atoms with van der Waals surface area (Å²) in [5.74, 6) is 0. The van der Waals surface area contributed by atoms with E-state index in [-0.39, 0.29) is 0 Å². The molecule has 0 saturated carbocycles. The molecular weight excluding hydrogens is 240 g/mol. The standard InChI is InChI=1S/C11H11BrN2/c1-2-9-6-8(4-3-5-13)7-10(12)11(9)14/h3-4,6-7H,2,14H2,1H3/b4-3+. The van der Waals surface area contributed by atoms with Crippen molar-refractivity contribution in [2.75, 3.05) is 5.73 Å². The van der Waals surface area contributed by atoms with Crippen molar-refractivity contribution in [1.29, 1.82) is 5.26 Å². The molecule has 0 unspecified atom stereocenters. The molecule has 0 radical (unpaired) electrons. The minimum atomic E-state index is 0.779. The summed E-state index contributed by atoms with van der Waals surface area (Å²) in [7, 11) is 0. The molecule has 1 aromatic rings. The second-order valence-corrected chi connectivity index (χ2v) is 3.75. The van der Waals surface area contributed by atoms with E-state index in [2.05, 4.69) is 22.9 Å². The minimum absolute atomic E-state index is 0.779. The Morgan fingerprint density at radius 3 is 2.86 bits per heavy atom. The van der Waals surface area contributed by atoms with E-state index >= 15 is 0 Å². The third-order valence-corrected chi connectivity index (χ3v) is 2.62. The summed E-state index contributed by atoms with van der Waals surface area (Å²) in [6.07, 6.45) is 4.11. The van der Waals surface area contributed by atoms with Crippen molar-refractivity contribution < 1.29 is 0 Å². The van der Waals surface area contributed by atoms with Crippen molar-refractivity contribution in [3.8, 4) is 6.07 Å². The van der Waals surface area contributed by atoms with Gasteiger partial charge in [-0.3, -0.25) is 0 Å². The van der Waals surface area contributed by atoms with Gasteiger partial charge in [-0.1, -0.05) is 6.92 Å². The Morgan fingerprint density at radius 1 is 1.57 bits per heavy atom. The molecule has 0 spiro atoms. The molecule has 0 amide bonds. The van der Waals surface area contributed by atoms with Crippen molar-refractivity contribution in [3.63, 3.8) is 0 Å². The second-order valence-electron chi connectivity index (χ2n) is 2.89. The topological polar surface area (TPSA) is 49.8 Å². The maximum absolute atomic E-state index is 8.40. The lowest BCUT2D eigenvalue weighted by molar-refractivity contribution is 1.14. The average molecular weight is 251 g/mol. The fourth-order valence-corrected chi connectivity index (χ4v) is 1.74. The minimum Gasteiger partial charge on any atom is -0.398 e. The number of rotatable bonds is 2. The summed E-state index contributed by atoms with van der Waals surface area (Å²) in [6.45, 7) is 2.05. The molecule has 0 aliphatic heterocycles. The summed E-state index contributed by atoms with van der Waals surface area (Å²) >= 11 is 3.39. The molecule has 1 aromatic carbocycles. The molecule has 1 rings (SSSR count). The third kappa shape index (κ3) is 2.36. The quantitative estimate of drug-likeness (QED) is 0.648. The largest absolute Gasteiger partial charge is 0.398 e. The van der Waals surface area contributed by atoms with Gasteiger partial charge in [-0.2, -0.15) is 5.26 Å². The van der Waals surface area contributed by atoms with Crippen LogP contribution in [-0.2, 0) is 6.42 Å². The summed E-state index contributed by atoms with van der Waals surface area (Å²) < 4.78 is 0.884. The predicted octanol–water partition coefficient (Wildman–Crippen LogP) is 3.13. The zero-order chi connectivity index (χ0) is 10.6. The smallest absolute Gasteiger partial charge is 0.0912 e. The number of benzene rings is 1. The van der Waals surface area contributed by atoms with Crippen molar-refractivity contribution in [3.05, 3.63) is 33.8 Å². The first-order chi connectivity index (χ1) is 6.69. The highest BCUT2D eigenvalue weighted by Gasteiger charge is 2.02. The Balaban J connectivity index is 3.17. The van der Waals surface area contributed by atoms with E-state index < -0.39 is 0 Å². The lowest BCUT2D eigenvalue weighted by atomic mass is 10.1. The molecule has 0 aliphatic carbocycles. The first kappa shape index (κ1) is 10.8. The zero-order valence-electron chi connectivity index (χ0n) is 7.92. The van der Waals surface area contributed by atoms with Gasteiger partial charge in [0.05, 0.1) is 6.07 Å². The molecule has 0 fully saturated rings. The van der Waals surface area contributed by atoms with E-state index in [4.69, 9.17) is 11.0 Å². The van der Waals surface area contributed by atoms with Gasteiger partial charge < -0.3 is 5.73 Å². The summed E-state index contributed by atoms with van der Waals surface area (Å²) in [4.78, 5) is 0. The maximum atomic E-state index is 8.40. The van der Waals surface area contributed by atoms with E-state index in [0.717, 1.165) is 27.7 Å². The fourth-order valence-electron chi connectivity index (χ4n) is 1.22. The van der Waals surface area contributed by atoms with Crippen LogP contribution in [0, 0.1) is 11.3 Å². The van der Waals surface area contributed by atoms with Gasteiger partial charge in [0.25, 0.3) is 0 Å². The normalized spacial score (nSPS) is 10.4. The summed E-state index contributed by atoms with van der Waals surface area (Å²) in [6, 6.07) is 5.86. The van der Waals surface area contributed by atoms with Gasteiger partial charge >= 0.3 is 0 Å². The van der Waals surface area contributed by atoms with Crippen LogP contribution in [0.15, 0.2) is 22.7 Å². The molecule has 0 bridgehead atoms. The van der Waals surface area contributed by atoms with Crippen LogP contribution < -0.4 is 5.73 Å². The molecule has 72 valence electrons. The molecule has 0 aliphatic rings. The number of halogens is 1. The predicted molar refractivity (Wildman–Crippen MR) is 62.6 cm³/mol. The number of allylic oxidation sites excluding steroid dienone is 1. The van der Waals surface area contributed by atoms with Crippen LogP contribution in [-0.4, -0.2) is 0 Å². The molecule has 2 nitrogen and oxygen atoms in total. The van der Waals surface area contributed by atoms with Gasteiger partial charge in [-0.05, 0) is 51.7 Å². The lowest BCUT2D eigenvalue weighted by Crippen LogP contribution is -1.94. The second kappa shape index (κ2) is 4.83. The SMILES string of the molecule is CCc1cc(/C=C/C#N)cc(Br)c1N. The van der Waals surface area contributed by atoms with Crippen LogP contribution in [0.1, 0.15) is 18.1 Å². The van der Waals surface area contributed by atoms with E-state index in [1.807, 2.05) is 18.2 Å². The number of nitrogens with zero attached hydrogens (tertiary/aromatic N) is 1. The van der Waals surface area contributed by atoms with E-state index in [9.17, 15) is 0 Å². The number of nitrogens with two attached hydrogens (primary N) is 1. The van der Waals surface area contributed by atoms with Crippen LogP contribution >= 0.6 is 15.9 Å². The first-order valence-electron chi connectivity index (χ1n) is 4.33. The van der Waals surface area contributed by atoms with E-state index in [1.54, 1.807) is 6.08 Å². The van der Waals surface area contributed by atoms with Crippen molar-refractivity contribution in [2.24, 2.45) is 0 Å². The van der Waals surface area contributed by atoms with Gasteiger partial charge in [0, 0.05) is 16.2 Å². The Hall–Kier alpha value is -1.27. The van der Waals surface area contributed by atoms with Gasteiger partial charge in [0.2, 0.25) is 0 Å². The number of hydrogen-bond acceptors (Lipinski definition) is 2. The number of nitriles is 1. The number of aryl methyl sites for hydroxylation is 1. The van der Waals surface area contributed by atoms with Gasteiger partial charge in [-0.15, -0.1) is 0 Å². The van der Waals surface area contributed by atoms with Crippen molar-refractivity contribution in [1.82, 2.24) is 0 Å². The van der Waals surface area contributed by atoms with Gasteiger partial charge in [-0.25, -0.2) is 0 Å². The first-order valence-corrected chi connectivity index (χ1v) is 5.12. The Bertz CT molecular complexity index is 402. The highest BCUT2D eigenvalue weighted by molar-refractivity contribution is 9.10. The highest BCUT2D eigenvalue weighted by Crippen LogP contribution is 2.26. The lowest BCUT2D eigenvalue weighted by Gasteiger charge is -2.06. The monoisotopic (exact) mass is 250 g/mol. The summed E-state index contributed by atoms with van der Waals surface area (Å²) in [5, 5.41) is 8.40.